The average molecular weight is 713 g/mol. The van der Waals surface area contributed by atoms with E-state index in [4.69, 9.17) is 14.4 Å². The first-order chi connectivity index (χ1) is 24.1. The third kappa shape index (κ3) is 5.77. The third-order valence-electron chi connectivity index (χ3n) is 8.74. The van der Waals surface area contributed by atoms with Gasteiger partial charge in [0.15, 0.2) is 14.6 Å². The first-order valence-corrected chi connectivity index (χ1v) is 18.2. The Morgan fingerprint density at radius 3 is 2.12 bits per heavy atom. The summed E-state index contributed by atoms with van der Waals surface area (Å²) in [6.45, 7) is 8.19. The number of rotatable bonds is 6. The molecule has 1 fully saturated rings. The van der Waals surface area contributed by atoms with Crippen LogP contribution in [0.2, 0.25) is 0 Å². The first-order valence-electron chi connectivity index (χ1n) is 15.8. The van der Waals surface area contributed by atoms with Crippen molar-refractivity contribution in [1.82, 2.24) is 4.98 Å². The SMILES string of the molecule is Cc1ccc(N=C2S/C(=C\c3ccc(Sc4nc5ccc(N6C(=O)c7ccccc7C6=O)cc5s4)o3)C(=O)N2c2ccc(C)c(C)c2)cc1C. The van der Waals surface area contributed by atoms with Crippen molar-refractivity contribution in [1.29, 1.82) is 0 Å². The number of anilines is 2. The summed E-state index contributed by atoms with van der Waals surface area (Å²) in [5.41, 5.74) is 8.15. The molecule has 0 aliphatic carbocycles. The number of aromatic nitrogens is 1. The summed E-state index contributed by atoms with van der Waals surface area (Å²) < 4.78 is 7.73. The molecular formula is C39H28N4O4S3. The van der Waals surface area contributed by atoms with E-state index in [2.05, 4.69) is 13.8 Å². The summed E-state index contributed by atoms with van der Waals surface area (Å²) in [7, 11) is 0. The molecule has 2 aromatic heterocycles. The van der Waals surface area contributed by atoms with Crippen LogP contribution in [0.25, 0.3) is 16.3 Å². The Balaban J connectivity index is 1.05. The molecule has 8 rings (SSSR count). The van der Waals surface area contributed by atoms with Crippen molar-refractivity contribution in [2.24, 2.45) is 4.99 Å². The number of carbonyl (C=O) groups is 3. The Kier molecular flexibility index (Phi) is 8.05. The molecule has 8 nitrogen and oxygen atoms in total. The zero-order valence-corrected chi connectivity index (χ0v) is 29.8. The van der Waals surface area contributed by atoms with Crippen LogP contribution in [-0.2, 0) is 4.79 Å². The van der Waals surface area contributed by atoms with Gasteiger partial charge in [-0.15, -0.1) is 11.3 Å². The number of furan rings is 1. The van der Waals surface area contributed by atoms with E-state index >= 15 is 0 Å². The molecule has 0 spiro atoms. The van der Waals surface area contributed by atoms with Crippen molar-refractivity contribution in [3.63, 3.8) is 0 Å². The molecule has 0 radical (unpaired) electrons. The third-order valence-corrected chi connectivity index (χ3v) is 11.7. The molecular weight excluding hydrogens is 685 g/mol. The molecule has 0 atom stereocenters. The topological polar surface area (TPSA) is 96.1 Å². The summed E-state index contributed by atoms with van der Waals surface area (Å²) in [4.78, 5) is 52.9. The summed E-state index contributed by atoms with van der Waals surface area (Å²) in [5.74, 6) is -0.307. The fourth-order valence-corrected chi connectivity index (χ4v) is 8.71. The quantitative estimate of drug-likeness (QED) is 0.125. The van der Waals surface area contributed by atoms with Crippen molar-refractivity contribution >= 4 is 91.1 Å². The van der Waals surface area contributed by atoms with Gasteiger partial charge in [-0.05, 0) is 140 Å². The molecule has 50 heavy (non-hydrogen) atoms. The predicted molar refractivity (Wildman–Crippen MR) is 202 cm³/mol. The number of fused-ring (bicyclic) bond motifs is 2. The highest BCUT2D eigenvalue weighted by atomic mass is 32.2. The molecule has 0 bridgehead atoms. The number of imide groups is 1. The van der Waals surface area contributed by atoms with Gasteiger partial charge in [0.1, 0.15) is 5.76 Å². The number of nitrogens with zero attached hydrogens (tertiary/aromatic N) is 4. The second kappa shape index (κ2) is 12.6. The van der Waals surface area contributed by atoms with E-state index in [1.165, 1.54) is 45.3 Å². The van der Waals surface area contributed by atoms with Crippen LogP contribution in [0.5, 0.6) is 0 Å². The van der Waals surface area contributed by atoms with E-state index in [0.29, 0.717) is 37.7 Å². The molecule has 2 aliphatic rings. The average Bonchev–Trinajstić information content (AvgIpc) is 3.85. The number of aliphatic imine (C=N–C) groups is 1. The van der Waals surface area contributed by atoms with Crippen LogP contribution in [-0.4, -0.2) is 27.9 Å². The van der Waals surface area contributed by atoms with Gasteiger partial charge < -0.3 is 4.42 Å². The van der Waals surface area contributed by atoms with Crippen LogP contribution >= 0.6 is 34.9 Å². The zero-order chi connectivity index (χ0) is 34.7. The molecule has 4 heterocycles. The van der Waals surface area contributed by atoms with Crippen molar-refractivity contribution in [2.45, 2.75) is 37.1 Å². The maximum atomic E-state index is 13.9. The monoisotopic (exact) mass is 712 g/mol. The van der Waals surface area contributed by atoms with Crippen molar-refractivity contribution in [3.8, 4) is 0 Å². The molecule has 1 saturated heterocycles. The number of amidine groups is 1. The highest BCUT2D eigenvalue weighted by molar-refractivity contribution is 8.19. The van der Waals surface area contributed by atoms with Crippen LogP contribution in [0.4, 0.5) is 17.1 Å². The minimum absolute atomic E-state index is 0.175. The highest BCUT2D eigenvalue weighted by Gasteiger charge is 2.37. The number of amides is 3. The number of thioether (sulfide) groups is 1. The number of aryl methyl sites for hydroxylation is 4. The lowest BCUT2D eigenvalue weighted by molar-refractivity contribution is -0.113. The minimum Gasteiger partial charge on any atom is -0.450 e. The van der Waals surface area contributed by atoms with E-state index in [1.54, 1.807) is 41.3 Å². The van der Waals surface area contributed by atoms with Crippen molar-refractivity contribution in [2.75, 3.05) is 9.80 Å². The molecule has 0 unspecified atom stereocenters. The Labute approximate surface area is 300 Å². The molecule has 6 aromatic rings. The summed E-state index contributed by atoms with van der Waals surface area (Å²) in [5, 5.41) is 1.19. The number of hydrogen-bond donors (Lipinski definition) is 0. The highest BCUT2D eigenvalue weighted by Crippen LogP contribution is 2.41. The second-order valence-corrected chi connectivity index (χ2v) is 15.4. The number of carbonyl (C=O) groups excluding carboxylic acids is 3. The van der Waals surface area contributed by atoms with E-state index < -0.39 is 0 Å². The van der Waals surface area contributed by atoms with Crippen LogP contribution < -0.4 is 9.80 Å². The van der Waals surface area contributed by atoms with Gasteiger partial charge in [-0.25, -0.2) is 14.9 Å². The summed E-state index contributed by atoms with van der Waals surface area (Å²) >= 11 is 4.12. The van der Waals surface area contributed by atoms with Gasteiger partial charge in [0.25, 0.3) is 17.7 Å². The Morgan fingerprint density at radius 1 is 0.720 bits per heavy atom. The smallest absolute Gasteiger partial charge is 0.271 e. The molecule has 2 aliphatic heterocycles. The van der Waals surface area contributed by atoms with Crippen molar-refractivity contribution < 1.29 is 18.8 Å². The lowest BCUT2D eigenvalue weighted by atomic mass is 10.1. The largest absolute Gasteiger partial charge is 0.450 e. The van der Waals surface area contributed by atoms with Crippen LogP contribution in [0.15, 0.2) is 115 Å². The minimum atomic E-state index is -0.332. The first kappa shape index (κ1) is 32.0. The van der Waals surface area contributed by atoms with Crippen molar-refractivity contribution in [3.05, 3.63) is 135 Å². The molecule has 11 heteroatoms. The van der Waals surface area contributed by atoms with Gasteiger partial charge in [-0.2, -0.15) is 0 Å². The van der Waals surface area contributed by atoms with Crippen LogP contribution in [0.3, 0.4) is 0 Å². The maximum absolute atomic E-state index is 13.9. The van der Waals surface area contributed by atoms with Gasteiger partial charge in [0.2, 0.25) is 0 Å². The van der Waals surface area contributed by atoms with Gasteiger partial charge in [0, 0.05) is 6.08 Å². The standard InChI is InChI=1S/C39H28N4O4S3/c1-21-9-11-25(17-23(21)3)40-38-43(26-12-10-22(2)24(4)18-26)37(46)33(48-38)20-28-14-16-34(47-28)50-39-41-31-15-13-27(19-32(31)49-39)42-35(44)29-7-5-6-8-30(29)36(42)45/h5-20H,1-4H3/b33-20-,40-38?. The predicted octanol–water partition coefficient (Wildman–Crippen LogP) is 9.88. The van der Waals surface area contributed by atoms with E-state index in [-0.39, 0.29) is 17.7 Å². The Bertz CT molecular complexity index is 2440. The second-order valence-electron chi connectivity index (χ2n) is 12.1. The maximum Gasteiger partial charge on any atom is 0.271 e. The number of hydrogen-bond acceptors (Lipinski definition) is 9. The lowest BCUT2D eigenvalue weighted by Crippen LogP contribution is -2.29. The molecule has 0 saturated carbocycles. The molecule has 4 aromatic carbocycles. The van der Waals surface area contributed by atoms with E-state index in [9.17, 15) is 14.4 Å². The van der Waals surface area contributed by atoms with Gasteiger partial charge >= 0.3 is 0 Å². The summed E-state index contributed by atoms with van der Waals surface area (Å²) in [6.07, 6.45) is 1.75. The fourth-order valence-electron chi connectivity index (χ4n) is 5.73. The summed E-state index contributed by atoms with van der Waals surface area (Å²) in [6, 6.07) is 27.9. The molecule has 3 amide bonds. The van der Waals surface area contributed by atoms with Gasteiger partial charge in [0.05, 0.1) is 43.3 Å². The van der Waals surface area contributed by atoms with E-state index in [0.717, 1.165) is 42.6 Å². The zero-order valence-electron chi connectivity index (χ0n) is 27.4. The Morgan fingerprint density at radius 2 is 1.40 bits per heavy atom. The van der Waals surface area contributed by atoms with E-state index in [1.807, 2.05) is 74.5 Å². The molecule has 246 valence electrons. The molecule has 0 N–H and O–H groups in total. The lowest BCUT2D eigenvalue weighted by Gasteiger charge is -2.17. The van der Waals surface area contributed by atoms with Crippen LogP contribution in [0.1, 0.15) is 48.7 Å². The number of benzene rings is 4. The fraction of sp³-hybridized carbons (Fsp3) is 0.103. The Hall–Kier alpha value is -5.23. The van der Waals surface area contributed by atoms with Gasteiger partial charge in [-0.3, -0.25) is 19.3 Å². The van der Waals surface area contributed by atoms with Crippen LogP contribution in [0, 0.1) is 27.7 Å². The van der Waals surface area contributed by atoms with Gasteiger partial charge in [-0.1, -0.05) is 24.3 Å². The number of thiazole rings is 1. The normalized spacial score (nSPS) is 16.1.